The number of fused-ring (bicyclic) bond motifs is 1. The summed E-state index contributed by atoms with van der Waals surface area (Å²) in [5.41, 5.74) is 0.380. The van der Waals surface area contributed by atoms with Gasteiger partial charge in [-0.3, -0.25) is 0 Å². The van der Waals surface area contributed by atoms with Crippen LogP contribution >= 0.6 is 11.6 Å². The Labute approximate surface area is 103 Å². The third kappa shape index (κ3) is 2.08. The van der Waals surface area contributed by atoms with Crippen molar-refractivity contribution in [3.8, 4) is 11.5 Å². The van der Waals surface area contributed by atoms with Gasteiger partial charge in [-0.1, -0.05) is 0 Å². The van der Waals surface area contributed by atoms with Crippen LogP contribution in [-0.4, -0.2) is 14.2 Å². The highest BCUT2D eigenvalue weighted by Crippen LogP contribution is 2.30. The summed E-state index contributed by atoms with van der Waals surface area (Å²) in [4.78, 5) is 11.5. The van der Waals surface area contributed by atoms with Gasteiger partial charge in [-0.15, -0.1) is 11.6 Å². The predicted molar refractivity (Wildman–Crippen MR) is 65.1 cm³/mol. The van der Waals surface area contributed by atoms with Crippen LogP contribution in [0.2, 0.25) is 0 Å². The van der Waals surface area contributed by atoms with Gasteiger partial charge in [0.25, 0.3) is 0 Å². The van der Waals surface area contributed by atoms with E-state index in [1.165, 1.54) is 7.11 Å². The van der Waals surface area contributed by atoms with Crippen molar-refractivity contribution >= 4 is 22.6 Å². The SMILES string of the molecule is COc1cc(OC)c2cc(CCl)c(=O)oc2c1. The van der Waals surface area contributed by atoms with Crippen molar-refractivity contribution in [2.45, 2.75) is 5.88 Å². The topological polar surface area (TPSA) is 48.7 Å². The van der Waals surface area contributed by atoms with Crippen LogP contribution in [0.25, 0.3) is 11.0 Å². The third-order valence-electron chi connectivity index (χ3n) is 2.46. The van der Waals surface area contributed by atoms with Gasteiger partial charge in [0.2, 0.25) is 0 Å². The molecule has 1 aromatic heterocycles. The molecule has 0 aliphatic heterocycles. The Bertz CT molecular complexity index is 603. The van der Waals surface area contributed by atoms with E-state index in [0.29, 0.717) is 28.0 Å². The molecule has 2 aromatic rings. The molecule has 0 aliphatic rings. The lowest BCUT2D eigenvalue weighted by molar-refractivity contribution is 0.396. The van der Waals surface area contributed by atoms with Crippen LogP contribution < -0.4 is 15.1 Å². The molecule has 4 nitrogen and oxygen atoms in total. The first-order valence-corrected chi connectivity index (χ1v) is 5.47. The van der Waals surface area contributed by atoms with Gasteiger partial charge >= 0.3 is 5.63 Å². The summed E-state index contributed by atoms with van der Waals surface area (Å²) in [6.45, 7) is 0. The Morgan fingerprint density at radius 2 is 2.00 bits per heavy atom. The normalized spacial score (nSPS) is 10.5. The second-order valence-electron chi connectivity index (χ2n) is 3.43. The number of halogens is 1. The fraction of sp³-hybridized carbons (Fsp3) is 0.250. The molecule has 0 aliphatic carbocycles. The average molecular weight is 255 g/mol. The first-order chi connectivity index (χ1) is 8.19. The minimum absolute atomic E-state index is 0.105. The van der Waals surface area contributed by atoms with Crippen LogP contribution in [0.4, 0.5) is 0 Å². The number of alkyl halides is 1. The summed E-state index contributed by atoms with van der Waals surface area (Å²) in [5.74, 6) is 1.25. The van der Waals surface area contributed by atoms with E-state index >= 15 is 0 Å². The molecule has 0 bridgehead atoms. The lowest BCUT2D eigenvalue weighted by Crippen LogP contribution is -2.05. The summed E-state index contributed by atoms with van der Waals surface area (Å²) < 4.78 is 15.5. The molecule has 0 radical (unpaired) electrons. The molecule has 90 valence electrons. The van der Waals surface area contributed by atoms with Crippen molar-refractivity contribution in [1.29, 1.82) is 0 Å². The second kappa shape index (κ2) is 4.67. The molecular weight excluding hydrogens is 244 g/mol. The largest absolute Gasteiger partial charge is 0.496 e. The lowest BCUT2D eigenvalue weighted by atomic mass is 10.1. The smallest absolute Gasteiger partial charge is 0.340 e. The molecule has 0 unspecified atom stereocenters. The fourth-order valence-corrected chi connectivity index (χ4v) is 1.77. The first kappa shape index (κ1) is 11.8. The molecule has 2 rings (SSSR count). The zero-order valence-corrected chi connectivity index (χ0v) is 10.2. The molecule has 0 saturated heterocycles. The van der Waals surface area contributed by atoms with Gasteiger partial charge in [0, 0.05) is 12.1 Å². The maximum Gasteiger partial charge on any atom is 0.340 e. The number of rotatable bonds is 3. The summed E-state index contributed by atoms with van der Waals surface area (Å²) in [6.07, 6.45) is 0. The standard InChI is InChI=1S/C12H11ClO4/c1-15-8-4-10(16-2)9-3-7(6-13)12(14)17-11(9)5-8/h3-5H,6H2,1-2H3. The van der Waals surface area contributed by atoms with E-state index in [9.17, 15) is 4.79 Å². The van der Waals surface area contributed by atoms with Crippen molar-refractivity contribution in [3.63, 3.8) is 0 Å². The first-order valence-electron chi connectivity index (χ1n) is 4.94. The number of ether oxygens (including phenoxy) is 2. The van der Waals surface area contributed by atoms with E-state index in [1.54, 1.807) is 25.3 Å². The maximum absolute atomic E-state index is 11.5. The van der Waals surface area contributed by atoms with Crippen LogP contribution in [0.3, 0.4) is 0 Å². The molecule has 1 heterocycles. The molecule has 0 fully saturated rings. The van der Waals surface area contributed by atoms with Gasteiger partial charge in [0.1, 0.15) is 17.1 Å². The van der Waals surface area contributed by atoms with Gasteiger partial charge in [-0.25, -0.2) is 4.79 Å². The van der Waals surface area contributed by atoms with Gasteiger partial charge in [-0.2, -0.15) is 0 Å². The number of hydrogen-bond donors (Lipinski definition) is 0. The zero-order chi connectivity index (χ0) is 12.4. The highest BCUT2D eigenvalue weighted by Gasteiger charge is 2.10. The van der Waals surface area contributed by atoms with E-state index in [4.69, 9.17) is 25.5 Å². The second-order valence-corrected chi connectivity index (χ2v) is 3.70. The molecule has 1 aromatic carbocycles. The van der Waals surface area contributed by atoms with E-state index < -0.39 is 5.63 Å². The van der Waals surface area contributed by atoms with Gasteiger partial charge in [0.05, 0.1) is 31.0 Å². The molecule has 0 N–H and O–H groups in total. The maximum atomic E-state index is 11.5. The van der Waals surface area contributed by atoms with Crippen LogP contribution in [-0.2, 0) is 5.88 Å². The Hall–Kier alpha value is -1.68. The van der Waals surface area contributed by atoms with Crippen molar-refractivity contribution in [3.05, 3.63) is 34.2 Å². The third-order valence-corrected chi connectivity index (χ3v) is 2.75. The highest BCUT2D eigenvalue weighted by atomic mass is 35.5. The average Bonchev–Trinajstić information content (AvgIpc) is 2.36. The summed E-state index contributed by atoms with van der Waals surface area (Å²) >= 11 is 5.66. The van der Waals surface area contributed by atoms with E-state index in [0.717, 1.165) is 0 Å². The molecule has 0 atom stereocenters. The quantitative estimate of drug-likeness (QED) is 0.624. The lowest BCUT2D eigenvalue weighted by Gasteiger charge is -2.08. The fourth-order valence-electron chi connectivity index (χ4n) is 1.58. The number of methoxy groups -OCH3 is 2. The number of hydrogen-bond acceptors (Lipinski definition) is 4. The molecule has 0 amide bonds. The molecule has 5 heteroatoms. The Kier molecular flexibility index (Phi) is 3.24. The molecular formula is C12H11ClO4. The van der Waals surface area contributed by atoms with Crippen LogP contribution in [0.1, 0.15) is 5.56 Å². The van der Waals surface area contributed by atoms with E-state index in [-0.39, 0.29) is 5.88 Å². The van der Waals surface area contributed by atoms with Gasteiger partial charge in [-0.05, 0) is 6.07 Å². The van der Waals surface area contributed by atoms with Crippen molar-refractivity contribution in [2.24, 2.45) is 0 Å². The van der Waals surface area contributed by atoms with Crippen LogP contribution in [0.5, 0.6) is 11.5 Å². The van der Waals surface area contributed by atoms with Crippen molar-refractivity contribution < 1.29 is 13.9 Å². The van der Waals surface area contributed by atoms with E-state index in [2.05, 4.69) is 0 Å². The van der Waals surface area contributed by atoms with Crippen LogP contribution in [0.15, 0.2) is 27.4 Å². The zero-order valence-electron chi connectivity index (χ0n) is 9.45. The molecule has 17 heavy (non-hydrogen) atoms. The predicted octanol–water partition coefficient (Wildman–Crippen LogP) is 2.55. The minimum Gasteiger partial charge on any atom is -0.496 e. The van der Waals surface area contributed by atoms with Crippen molar-refractivity contribution in [2.75, 3.05) is 14.2 Å². The molecule has 0 saturated carbocycles. The van der Waals surface area contributed by atoms with Gasteiger partial charge in [0.15, 0.2) is 0 Å². The Morgan fingerprint density at radius 1 is 1.24 bits per heavy atom. The minimum atomic E-state index is -0.442. The molecule has 0 spiro atoms. The summed E-state index contributed by atoms with van der Waals surface area (Å²) in [6, 6.07) is 5.03. The monoisotopic (exact) mass is 254 g/mol. The Morgan fingerprint density at radius 3 is 2.59 bits per heavy atom. The van der Waals surface area contributed by atoms with Crippen molar-refractivity contribution in [1.82, 2.24) is 0 Å². The van der Waals surface area contributed by atoms with Crippen LogP contribution in [0, 0.1) is 0 Å². The van der Waals surface area contributed by atoms with E-state index in [1.807, 2.05) is 0 Å². The highest BCUT2D eigenvalue weighted by molar-refractivity contribution is 6.17. The van der Waals surface area contributed by atoms with Gasteiger partial charge < -0.3 is 13.9 Å². The summed E-state index contributed by atoms with van der Waals surface area (Å²) in [5, 5.41) is 0.698. The number of benzene rings is 1. The Balaban J connectivity index is 2.80. The summed E-state index contributed by atoms with van der Waals surface area (Å²) in [7, 11) is 3.07.